The van der Waals surface area contributed by atoms with Crippen LogP contribution in [0.4, 0.5) is 31.1 Å². The molecule has 10 heteroatoms. The van der Waals surface area contributed by atoms with E-state index in [1.165, 1.54) is 0 Å². The first-order valence-electron chi connectivity index (χ1n) is 11.8. The molecule has 198 valence electrons. The van der Waals surface area contributed by atoms with Gasteiger partial charge in [-0.1, -0.05) is 13.8 Å². The van der Waals surface area contributed by atoms with Crippen LogP contribution in [0.15, 0.2) is 30.3 Å². The van der Waals surface area contributed by atoms with Crippen molar-refractivity contribution in [2.45, 2.75) is 76.9 Å². The number of fused-ring (bicyclic) bond motifs is 1. The highest BCUT2D eigenvalue weighted by Gasteiger charge is 2.37. The molecule has 3 rings (SSSR count). The fraction of sp³-hybridized carbons (Fsp3) is 0.500. The van der Waals surface area contributed by atoms with Crippen LogP contribution in [0.3, 0.4) is 0 Å². The van der Waals surface area contributed by atoms with Crippen LogP contribution in [-0.4, -0.2) is 19.3 Å². The number of carbonyl (C=O) groups is 1. The highest BCUT2D eigenvalue weighted by Crippen LogP contribution is 2.39. The van der Waals surface area contributed by atoms with E-state index < -0.39 is 35.6 Å². The number of alkyl carbamates (subject to hydrolysis) is 1. The topological polar surface area (TPSA) is 47.6 Å². The molecule has 1 amide bonds. The van der Waals surface area contributed by atoms with Gasteiger partial charge in [0.25, 0.3) is 0 Å². The first kappa shape index (κ1) is 27.7. The van der Waals surface area contributed by atoms with Crippen molar-refractivity contribution in [3.05, 3.63) is 63.7 Å². The maximum atomic E-state index is 13.4. The van der Waals surface area contributed by atoms with Crippen LogP contribution in [0.2, 0.25) is 0 Å². The Balaban J connectivity index is 2.12. The fourth-order valence-electron chi connectivity index (χ4n) is 4.44. The Morgan fingerprint density at radius 2 is 1.47 bits per heavy atom. The van der Waals surface area contributed by atoms with Gasteiger partial charge in [0, 0.05) is 5.56 Å². The first-order valence-corrected chi connectivity index (χ1v) is 11.8. The lowest BCUT2D eigenvalue weighted by Crippen LogP contribution is -2.31. The zero-order valence-corrected chi connectivity index (χ0v) is 20.3. The smallest absolute Gasteiger partial charge is 0.416 e. The van der Waals surface area contributed by atoms with Gasteiger partial charge < -0.3 is 14.8 Å². The summed E-state index contributed by atoms with van der Waals surface area (Å²) in [6.07, 6.45) is -7.36. The van der Waals surface area contributed by atoms with E-state index in [-0.39, 0.29) is 24.2 Å². The maximum absolute atomic E-state index is 13.4. The van der Waals surface area contributed by atoms with Gasteiger partial charge in [-0.2, -0.15) is 26.3 Å². The molecule has 0 bridgehead atoms. The van der Waals surface area contributed by atoms with Crippen molar-refractivity contribution in [2.24, 2.45) is 0 Å². The third-order valence-electron chi connectivity index (χ3n) is 6.37. The van der Waals surface area contributed by atoms with Gasteiger partial charge in [-0.05, 0) is 85.5 Å². The predicted molar refractivity (Wildman–Crippen MR) is 122 cm³/mol. The summed E-state index contributed by atoms with van der Waals surface area (Å²) in [7, 11) is 1.13. The molecule has 0 fully saturated rings. The average molecular weight is 518 g/mol. The van der Waals surface area contributed by atoms with E-state index in [0.717, 1.165) is 37.5 Å². The van der Waals surface area contributed by atoms with Gasteiger partial charge in [-0.25, -0.2) is 4.79 Å². The molecule has 0 radical (unpaired) electrons. The van der Waals surface area contributed by atoms with Crippen LogP contribution in [0.25, 0.3) is 0 Å². The molecular formula is C26H29F6NO3. The molecule has 0 aliphatic heterocycles. The minimum Gasteiger partial charge on any atom is -0.490 e. The molecular weight excluding hydrogens is 488 g/mol. The van der Waals surface area contributed by atoms with Gasteiger partial charge in [-0.3, -0.25) is 0 Å². The van der Waals surface area contributed by atoms with Gasteiger partial charge in [0.15, 0.2) is 0 Å². The van der Waals surface area contributed by atoms with Crippen LogP contribution >= 0.6 is 0 Å². The highest BCUT2D eigenvalue weighted by molar-refractivity contribution is 5.68. The van der Waals surface area contributed by atoms with Crippen molar-refractivity contribution in [1.29, 1.82) is 0 Å². The summed E-state index contributed by atoms with van der Waals surface area (Å²) < 4.78 is 91.4. The molecule has 1 unspecified atom stereocenters. The Kier molecular flexibility index (Phi) is 8.46. The number of nitrogens with one attached hydrogen (secondary N) is 1. The Hall–Kier alpha value is -2.91. The monoisotopic (exact) mass is 517 g/mol. The Bertz CT molecular complexity index is 1040. The number of hydrogen-bond acceptors (Lipinski definition) is 3. The van der Waals surface area contributed by atoms with E-state index in [0.29, 0.717) is 36.3 Å². The van der Waals surface area contributed by atoms with Crippen LogP contribution in [0.1, 0.15) is 72.5 Å². The predicted octanol–water partition coefficient (Wildman–Crippen LogP) is 7.42. The van der Waals surface area contributed by atoms with Gasteiger partial charge in [0.2, 0.25) is 0 Å². The Morgan fingerprint density at radius 3 is 1.97 bits per heavy atom. The minimum atomic E-state index is -4.97. The van der Waals surface area contributed by atoms with Crippen molar-refractivity contribution in [3.8, 4) is 5.75 Å². The minimum absolute atomic E-state index is 0.0866. The number of ether oxygens (including phenoxy) is 2. The molecule has 0 saturated carbocycles. The van der Waals surface area contributed by atoms with Crippen LogP contribution in [-0.2, 0) is 36.4 Å². The number of benzene rings is 2. The second-order valence-electron chi connectivity index (χ2n) is 8.88. The van der Waals surface area contributed by atoms with Crippen LogP contribution in [0, 0.1) is 0 Å². The number of alkyl halides is 6. The van der Waals surface area contributed by atoms with Crippen molar-refractivity contribution >= 4 is 6.09 Å². The van der Waals surface area contributed by atoms with E-state index in [2.05, 4.69) is 5.32 Å². The molecule has 1 atom stereocenters. The number of amides is 1. The summed E-state index contributed by atoms with van der Waals surface area (Å²) in [4.78, 5) is 12.2. The summed E-state index contributed by atoms with van der Waals surface area (Å²) in [5.41, 5.74) is -0.474. The second kappa shape index (κ2) is 11.0. The number of aryl methyl sites for hydroxylation is 2. The Labute approximate surface area is 206 Å². The summed E-state index contributed by atoms with van der Waals surface area (Å²) in [5, 5.41) is 2.59. The lowest BCUT2D eigenvalue weighted by Gasteiger charge is -2.26. The van der Waals surface area contributed by atoms with Gasteiger partial charge in [-0.15, -0.1) is 0 Å². The maximum Gasteiger partial charge on any atom is 0.416 e. The van der Waals surface area contributed by atoms with E-state index in [1.807, 2.05) is 26.0 Å². The molecule has 0 heterocycles. The zero-order chi connectivity index (χ0) is 26.7. The summed E-state index contributed by atoms with van der Waals surface area (Å²) in [5.74, 6) is 0.453. The molecule has 0 aromatic heterocycles. The summed E-state index contributed by atoms with van der Waals surface area (Å²) in [6, 6.07) is 4.15. The van der Waals surface area contributed by atoms with Crippen molar-refractivity contribution in [1.82, 2.24) is 5.32 Å². The zero-order valence-electron chi connectivity index (χ0n) is 20.3. The molecule has 0 saturated heterocycles. The standard InChI is InChI=1S/C26H29F6NO3/c1-4-20(5-2)36-23-13-17-8-6-7-16(17)12-21(23)22(33-24(34)35-3)11-15-9-18(25(27,28)29)14-19(10-15)26(30,31)32/h9-10,12-14,20,22H,4-8,11H2,1-3H3,(H,33,34). The molecule has 1 N–H and O–H groups in total. The van der Waals surface area contributed by atoms with Gasteiger partial charge in [0.1, 0.15) is 5.75 Å². The fourth-order valence-corrected chi connectivity index (χ4v) is 4.44. The number of hydrogen-bond donors (Lipinski definition) is 1. The lowest BCUT2D eigenvalue weighted by molar-refractivity contribution is -0.143. The van der Waals surface area contributed by atoms with E-state index in [4.69, 9.17) is 9.47 Å². The van der Waals surface area contributed by atoms with Gasteiger partial charge in [0.05, 0.1) is 30.4 Å². The number of halogens is 6. The highest BCUT2D eigenvalue weighted by atomic mass is 19.4. The first-order chi connectivity index (χ1) is 16.8. The third-order valence-corrected chi connectivity index (χ3v) is 6.37. The van der Waals surface area contributed by atoms with Crippen LogP contribution in [0.5, 0.6) is 5.75 Å². The lowest BCUT2D eigenvalue weighted by atomic mass is 9.93. The average Bonchev–Trinajstić information content (AvgIpc) is 3.27. The van der Waals surface area contributed by atoms with E-state index >= 15 is 0 Å². The van der Waals surface area contributed by atoms with E-state index in [9.17, 15) is 31.1 Å². The van der Waals surface area contributed by atoms with E-state index in [1.54, 1.807) is 0 Å². The second-order valence-corrected chi connectivity index (χ2v) is 8.88. The SMILES string of the molecule is CCC(CC)Oc1cc2c(cc1C(Cc1cc(C(F)(F)F)cc(C(F)(F)F)c1)NC(=O)OC)CCC2. The molecule has 1 aliphatic rings. The van der Waals surface area contributed by atoms with Crippen molar-refractivity contribution in [2.75, 3.05) is 7.11 Å². The third kappa shape index (κ3) is 6.64. The van der Waals surface area contributed by atoms with Gasteiger partial charge >= 0.3 is 18.4 Å². The number of carbonyl (C=O) groups excluding carboxylic acids is 1. The largest absolute Gasteiger partial charge is 0.490 e. The summed E-state index contributed by atoms with van der Waals surface area (Å²) >= 11 is 0. The van der Waals surface area contributed by atoms with Crippen molar-refractivity contribution in [3.63, 3.8) is 0 Å². The van der Waals surface area contributed by atoms with Crippen molar-refractivity contribution < 1.29 is 40.6 Å². The summed E-state index contributed by atoms with van der Waals surface area (Å²) in [6.45, 7) is 3.90. The molecule has 36 heavy (non-hydrogen) atoms. The molecule has 0 spiro atoms. The Morgan fingerprint density at radius 1 is 0.917 bits per heavy atom. The molecule has 1 aliphatic carbocycles. The van der Waals surface area contributed by atoms with Crippen LogP contribution < -0.4 is 10.1 Å². The number of rotatable bonds is 8. The molecule has 2 aromatic carbocycles. The number of methoxy groups -OCH3 is 1. The quantitative estimate of drug-likeness (QED) is 0.371. The normalized spacial score (nSPS) is 14.5. The molecule has 4 nitrogen and oxygen atoms in total. The molecule has 2 aromatic rings.